The number of nitrogens with one attached hydrogen (secondary N) is 1. The smallest absolute Gasteiger partial charge is 0.167 e. The summed E-state index contributed by atoms with van der Waals surface area (Å²) in [7, 11) is 0. The molecule has 0 saturated carbocycles. The molecule has 0 atom stereocenters. The van der Waals surface area contributed by atoms with Gasteiger partial charge in [0.25, 0.3) is 0 Å². The summed E-state index contributed by atoms with van der Waals surface area (Å²) >= 11 is 5.12. The summed E-state index contributed by atoms with van der Waals surface area (Å²) in [5, 5.41) is 0. The lowest BCUT2D eigenvalue weighted by Gasteiger charge is -2.07. The van der Waals surface area contributed by atoms with Gasteiger partial charge in [0, 0.05) is 12.0 Å². The Morgan fingerprint density at radius 1 is 1.25 bits per heavy atom. The highest BCUT2D eigenvalue weighted by molar-refractivity contribution is 7.80. The van der Waals surface area contributed by atoms with Crippen LogP contribution in [-0.2, 0) is 0 Å². The fraction of sp³-hybridized carbons (Fsp3) is 0.0667. The Kier molecular flexibility index (Phi) is 4.81. The lowest BCUT2D eigenvalue weighted by atomic mass is 10.0. The van der Waals surface area contributed by atoms with Crippen LogP contribution in [0.4, 0.5) is 0 Å². The molecule has 3 N–H and O–H groups in total. The van der Waals surface area contributed by atoms with Crippen molar-refractivity contribution in [3.63, 3.8) is 0 Å². The van der Waals surface area contributed by atoms with Crippen molar-refractivity contribution in [2.45, 2.75) is 6.42 Å². The first kappa shape index (κ1) is 14.2. The third-order valence-corrected chi connectivity index (χ3v) is 3.11. The Bertz CT molecular complexity index is 619. The second kappa shape index (κ2) is 6.79. The first-order valence-electron chi connectivity index (χ1n) is 6.04. The molecule has 0 unspecified atom stereocenters. The highest BCUT2D eigenvalue weighted by Crippen LogP contribution is 2.15. The van der Waals surface area contributed by atoms with Crippen LogP contribution < -0.4 is 11.3 Å². The zero-order chi connectivity index (χ0) is 14.4. The molecule has 1 aromatic carbocycles. The number of Topliss-reactive ketones (excluding diaryl/α,β-unsaturated/α-hetero) is 1. The number of hydrazine groups is 1. The van der Waals surface area contributed by atoms with E-state index in [-0.39, 0.29) is 12.2 Å². The number of ketones is 1. The number of hydrogen-bond acceptors (Lipinski definition) is 4. The van der Waals surface area contributed by atoms with E-state index in [1.807, 2.05) is 18.2 Å². The van der Waals surface area contributed by atoms with E-state index in [1.165, 1.54) is 0 Å². The maximum Gasteiger partial charge on any atom is 0.167 e. The van der Waals surface area contributed by atoms with Gasteiger partial charge in [-0.1, -0.05) is 42.5 Å². The largest absolute Gasteiger partial charge is 0.465 e. The van der Waals surface area contributed by atoms with Crippen molar-refractivity contribution in [3.05, 3.63) is 65.6 Å². The summed E-state index contributed by atoms with van der Waals surface area (Å²) in [6.45, 7) is 0. The molecular weight excluding hydrogens is 272 g/mol. The van der Waals surface area contributed by atoms with Gasteiger partial charge in [-0.05, 0) is 23.8 Å². The number of nitrogens with two attached hydrogens (primary N) is 1. The Morgan fingerprint density at radius 3 is 2.60 bits per heavy atom. The summed E-state index contributed by atoms with van der Waals surface area (Å²) in [5.74, 6) is 5.94. The Balaban J connectivity index is 2.21. The second-order valence-electron chi connectivity index (χ2n) is 4.12. The summed E-state index contributed by atoms with van der Waals surface area (Å²) in [4.78, 5) is 12.5. The van der Waals surface area contributed by atoms with Crippen molar-refractivity contribution >= 4 is 29.1 Å². The van der Waals surface area contributed by atoms with Gasteiger partial charge in [-0.2, -0.15) is 0 Å². The van der Waals surface area contributed by atoms with Crippen molar-refractivity contribution in [1.29, 1.82) is 0 Å². The molecule has 0 aliphatic rings. The van der Waals surface area contributed by atoms with Crippen LogP contribution in [0.1, 0.15) is 22.5 Å². The molecule has 0 aliphatic heterocycles. The van der Waals surface area contributed by atoms with Gasteiger partial charge in [-0.25, -0.2) is 5.84 Å². The van der Waals surface area contributed by atoms with Crippen molar-refractivity contribution in [2.24, 2.45) is 5.84 Å². The van der Waals surface area contributed by atoms with Crippen molar-refractivity contribution < 1.29 is 9.21 Å². The molecule has 0 bridgehead atoms. The maximum atomic E-state index is 12.2. The van der Waals surface area contributed by atoms with Crippen LogP contribution in [0.15, 0.2) is 58.7 Å². The van der Waals surface area contributed by atoms with Crippen molar-refractivity contribution in [1.82, 2.24) is 5.43 Å². The van der Waals surface area contributed by atoms with E-state index in [4.69, 9.17) is 22.5 Å². The normalized spacial score (nSPS) is 11.2. The predicted molar refractivity (Wildman–Crippen MR) is 82.0 cm³/mol. The topological polar surface area (TPSA) is 68.3 Å². The number of benzene rings is 1. The molecule has 1 aromatic heterocycles. The maximum absolute atomic E-state index is 12.2. The van der Waals surface area contributed by atoms with E-state index in [0.717, 1.165) is 0 Å². The fourth-order valence-electron chi connectivity index (χ4n) is 1.73. The average Bonchev–Trinajstić information content (AvgIpc) is 2.99. The third-order valence-electron chi connectivity index (χ3n) is 2.73. The lowest BCUT2D eigenvalue weighted by Crippen LogP contribution is -2.30. The minimum Gasteiger partial charge on any atom is -0.465 e. The molecule has 0 saturated heterocycles. The van der Waals surface area contributed by atoms with E-state index in [2.05, 4.69) is 5.43 Å². The second-order valence-corrected chi connectivity index (χ2v) is 4.53. The minimum atomic E-state index is -0.0268. The highest BCUT2D eigenvalue weighted by atomic mass is 32.1. The van der Waals surface area contributed by atoms with Gasteiger partial charge in [0.15, 0.2) is 5.78 Å². The average molecular weight is 286 g/mol. The molecule has 1 heterocycles. The van der Waals surface area contributed by atoms with Gasteiger partial charge in [0.05, 0.1) is 6.26 Å². The zero-order valence-corrected chi connectivity index (χ0v) is 11.5. The van der Waals surface area contributed by atoms with E-state index in [1.54, 1.807) is 36.6 Å². The van der Waals surface area contributed by atoms with Gasteiger partial charge in [0.1, 0.15) is 10.7 Å². The number of carbonyl (C=O) groups is 1. The first-order valence-corrected chi connectivity index (χ1v) is 6.45. The molecule has 0 aliphatic carbocycles. The molecule has 102 valence electrons. The fourth-order valence-corrected chi connectivity index (χ4v) is 1.86. The van der Waals surface area contributed by atoms with Gasteiger partial charge in [-0.3, -0.25) is 4.79 Å². The highest BCUT2D eigenvalue weighted by Gasteiger charge is 2.12. The molecule has 0 spiro atoms. The van der Waals surface area contributed by atoms with Crippen molar-refractivity contribution in [3.8, 4) is 0 Å². The molecule has 2 aromatic rings. The number of rotatable bonds is 5. The molecule has 0 amide bonds. The van der Waals surface area contributed by atoms with Crippen LogP contribution in [0.2, 0.25) is 0 Å². The van der Waals surface area contributed by atoms with Crippen LogP contribution in [0.5, 0.6) is 0 Å². The van der Waals surface area contributed by atoms with Gasteiger partial charge in [0.2, 0.25) is 0 Å². The van der Waals surface area contributed by atoms with E-state index >= 15 is 0 Å². The van der Waals surface area contributed by atoms with E-state index in [0.29, 0.717) is 21.9 Å². The zero-order valence-electron chi connectivity index (χ0n) is 10.7. The van der Waals surface area contributed by atoms with E-state index in [9.17, 15) is 4.79 Å². The van der Waals surface area contributed by atoms with Gasteiger partial charge in [-0.15, -0.1) is 0 Å². The van der Waals surface area contributed by atoms with Crippen LogP contribution in [0, 0.1) is 0 Å². The number of carbonyl (C=O) groups excluding carboxylic acids is 1. The Labute approximate surface area is 122 Å². The molecule has 5 heteroatoms. The van der Waals surface area contributed by atoms with Crippen LogP contribution in [-0.4, -0.2) is 10.8 Å². The van der Waals surface area contributed by atoms with Crippen LogP contribution >= 0.6 is 12.2 Å². The SMILES string of the molecule is NNC(=S)/C(=C\c1ccco1)CC(=O)c1ccccc1. The lowest BCUT2D eigenvalue weighted by molar-refractivity contribution is 0.0994. The van der Waals surface area contributed by atoms with E-state index < -0.39 is 0 Å². The third kappa shape index (κ3) is 3.63. The number of hydrogen-bond donors (Lipinski definition) is 2. The Hall–Kier alpha value is -2.24. The Morgan fingerprint density at radius 2 is 2.00 bits per heavy atom. The van der Waals surface area contributed by atoms with Gasteiger partial charge >= 0.3 is 0 Å². The molecule has 0 fully saturated rings. The van der Waals surface area contributed by atoms with Crippen molar-refractivity contribution in [2.75, 3.05) is 0 Å². The summed E-state index contributed by atoms with van der Waals surface area (Å²) in [5.41, 5.74) is 3.66. The monoisotopic (exact) mass is 286 g/mol. The molecule has 4 nitrogen and oxygen atoms in total. The molecule has 20 heavy (non-hydrogen) atoms. The summed E-state index contributed by atoms with van der Waals surface area (Å²) in [6, 6.07) is 12.6. The predicted octanol–water partition coefficient (Wildman–Crippen LogP) is 2.73. The number of furan rings is 1. The van der Waals surface area contributed by atoms with Crippen LogP contribution in [0.3, 0.4) is 0 Å². The quantitative estimate of drug-likeness (QED) is 0.291. The van der Waals surface area contributed by atoms with Gasteiger partial charge < -0.3 is 9.84 Å². The molecule has 2 rings (SSSR count). The first-order chi connectivity index (χ1) is 9.70. The summed E-state index contributed by atoms with van der Waals surface area (Å²) in [6.07, 6.45) is 3.43. The summed E-state index contributed by atoms with van der Waals surface area (Å²) < 4.78 is 5.23. The minimum absolute atomic E-state index is 0.0268. The standard InChI is InChI=1S/C15H14N2O2S/c16-17-15(20)12(9-13-7-4-8-19-13)10-14(18)11-5-2-1-3-6-11/h1-9H,10,16H2,(H,17,20)/b12-9-. The molecule has 0 radical (unpaired) electrons. The number of thiocarbonyl (C=S) groups is 1. The van der Waals surface area contributed by atoms with Crippen LogP contribution in [0.25, 0.3) is 6.08 Å². The molecular formula is C15H14N2O2S.